The summed E-state index contributed by atoms with van der Waals surface area (Å²) in [6.45, 7) is 9.38. The van der Waals surface area contributed by atoms with E-state index in [-0.39, 0.29) is 10.7 Å². The highest BCUT2D eigenvalue weighted by molar-refractivity contribution is 6.28. The van der Waals surface area contributed by atoms with Crippen molar-refractivity contribution in [3.8, 4) is 0 Å². The summed E-state index contributed by atoms with van der Waals surface area (Å²) in [7, 11) is 0. The molecule has 1 rings (SSSR count). The molecule has 0 saturated carbocycles. The van der Waals surface area contributed by atoms with Gasteiger partial charge in [0.05, 0.1) is 11.4 Å². The summed E-state index contributed by atoms with van der Waals surface area (Å²) in [6.07, 6.45) is 4.97. The van der Waals surface area contributed by atoms with Gasteiger partial charge in [0.25, 0.3) is 0 Å². The monoisotopic (exact) mass is 284 g/mol. The van der Waals surface area contributed by atoms with Gasteiger partial charge in [0.15, 0.2) is 5.82 Å². The van der Waals surface area contributed by atoms with Crippen molar-refractivity contribution in [2.75, 3.05) is 17.6 Å². The molecule has 108 valence electrons. The van der Waals surface area contributed by atoms with Crippen LogP contribution >= 0.6 is 11.6 Å². The first-order valence-corrected chi connectivity index (χ1v) is 7.27. The molecule has 0 atom stereocenters. The van der Waals surface area contributed by atoms with Crippen molar-refractivity contribution < 1.29 is 0 Å². The fourth-order valence-corrected chi connectivity index (χ4v) is 2.16. The molecule has 0 radical (unpaired) electrons. The zero-order valence-electron chi connectivity index (χ0n) is 12.4. The molecule has 0 aliphatic heterocycles. The molecule has 0 spiro atoms. The summed E-state index contributed by atoms with van der Waals surface area (Å²) in [5.41, 5.74) is 7.46. The van der Waals surface area contributed by atoms with E-state index < -0.39 is 0 Å². The van der Waals surface area contributed by atoms with Gasteiger partial charge in [0.1, 0.15) is 0 Å². The lowest BCUT2D eigenvalue weighted by atomic mass is 9.87. The number of aromatic nitrogens is 2. The van der Waals surface area contributed by atoms with Crippen LogP contribution in [0.1, 0.15) is 52.1 Å². The Kier molecular flexibility index (Phi) is 5.85. The molecule has 3 N–H and O–H groups in total. The first-order valence-electron chi connectivity index (χ1n) is 6.89. The van der Waals surface area contributed by atoms with E-state index in [0.717, 1.165) is 6.54 Å². The lowest BCUT2D eigenvalue weighted by Crippen LogP contribution is -2.24. The van der Waals surface area contributed by atoms with Crippen molar-refractivity contribution in [2.24, 2.45) is 5.41 Å². The van der Waals surface area contributed by atoms with Gasteiger partial charge in [-0.1, -0.05) is 40.0 Å². The fraction of sp³-hybridized carbons (Fsp3) is 0.714. The van der Waals surface area contributed by atoms with E-state index in [1.165, 1.54) is 25.7 Å². The number of hydrogen-bond donors (Lipinski definition) is 2. The highest BCUT2D eigenvalue weighted by Crippen LogP contribution is 2.26. The van der Waals surface area contributed by atoms with E-state index in [0.29, 0.717) is 17.2 Å². The zero-order valence-corrected chi connectivity index (χ0v) is 13.1. The third-order valence-corrected chi connectivity index (χ3v) is 3.47. The Morgan fingerprint density at radius 1 is 1.26 bits per heavy atom. The molecule has 0 bridgehead atoms. The second-order valence-electron chi connectivity index (χ2n) is 5.82. The number of nitrogens with one attached hydrogen (secondary N) is 1. The van der Waals surface area contributed by atoms with Gasteiger partial charge in [0, 0.05) is 6.54 Å². The highest BCUT2D eigenvalue weighted by Gasteiger charge is 2.18. The molecule has 0 aliphatic rings. The zero-order chi connectivity index (χ0) is 14.5. The number of hydrogen-bond acceptors (Lipinski definition) is 4. The number of nitrogens with zero attached hydrogens (tertiary/aromatic N) is 2. The van der Waals surface area contributed by atoms with Crippen LogP contribution in [0.3, 0.4) is 0 Å². The molecule has 0 fully saturated rings. The van der Waals surface area contributed by atoms with Crippen LogP contribution in [0.25, 0.3) is 0 Å². The summed E-state index contributed by atoms with van der Waals surface area (Å²) >= 11 is 5.86. The van der Waals surface area contributed by atoms with Crippen molar-refractivity contribution >= 4 is 23.1 Å². The van der Waals surface area contributed by atoms with Crippen LogP contribution in [0.4, 0.5) is 11.5 Å². The summed E-state index contributed by atoms with van der Waals surface area (Å²) in [5.74, 6) is 0.640. The molecular weight excluding hydrogens is 260 g/mol. The predicted octanol–water partition coefficient (Wildman–Crippen LogP) is 4.04. The van der Waals surface area contributed by atoms with Crippen molar-refractivity contribution in [1.29, 1.82) is 0 Å². The topological polar surface area (TPSA) is 63.8 Å². The second-order valence-corrected chi connectivity index (χ2v) is 6.15. The molecule has 1 aromatic rings. The van der Waals surface area contributed by atoms with Crippen molar-refractivity contribution in [1.82, 2.24) is 9.97 Å². The summed E-state index contributed by atoms with van der Waals surface area (Å²) in [5, 5.41) is 3.54. The van der Waals surface area contributed by atoms with Crippen LogP contribution in [0.15, 0.2) is 0 Å². The Labute approximate surface area is 121 Å². The minimum absolute atomic E-state index is 0.215. The molecule has 0 saturated heterocycles. The molecule has 4 nitrogen and oxygen atoms in total. The van der Waals surface area contributed by atoms with Gasteiger partial charge in [-0.15, -0.1) is 0 Å². The summed E-state index contributed by atoms with van der Waals surface area (Å²) in [6, 6.07) is 0. The predicted molar refractivity (Wildman–Crippen MR) is 82.6 cm³/mol. The summed E-state index contributed by atoms with van der Waals surface area (Å²) in [4.78, 5) is 8.18. The minimum Gasteiger partial charge on any atom is -0.394 e. The van der Waals surface area contributed by atoms with Crippen LogP contribution in [0.2, 0.25) is 5.28 Å². The largest absolute Gasteiger partial charge is 0.394 e. The van der Waals surface area contributed by atoms with E-state index in [1.807, 2.05) is 6.92 Å². The Hall–Kier alpha value is -1.03. The maximum Gasteiger partial charge on any atom is 0.224 e. The third-order valence-electron chi connectivity index (χ3n) is 3.30. The fourth-order valence-electron chi connectivity index (χ4n) is 1.95. The van der Waals surface area contributed by atoms with E-state index in [2.05, 4.69) is 36.1 Å². The van der Waals surface area contributed by atoms with E-state index >= 15 is 0 Å². The third kappa shape index (κ3) is 5.23. The maximum absolute atomic E-state index is 5.96. The molecular formula is C14H25ClN4. The SMILES string of the molecule is CCCCCC(C)(C)CNc1nc(Cl)nc(C)c1N. The number of unbranched alkanes of at least 4 members (excludes halogenated alkanes) is 2. The molecule has 0 aliphatic carbocycles. The van der Waals surface area contributed by atoms with Gasteiger partial charge >= 0.3 is 0 Å². The normalized spacial score (nSPS) is 11.6. The van der Waals surface area contributed by atoms with Crippen molar-refractivity contribution in [3.05, 3.63) is 11.0 Å². The number of rotatable bonds is 7. The Morgan fingerprint density at radius 2 is 1.95 bits per heavy atom. The molecule has 19 heavy (non-hydrogen) atoms. The van der Waals surface area contributed by atoms with E-state index in [9.17, 15) is 0 Å². The second kappa shape index (κ2) is 6.94. The Balaban J connectivity index is 2.61. The molecule has 1 heterocycles. The van der Waals surface area contributed by atoms with Gasteiger partial charge in [0.2, 0.25) is 5.28 Å². The minimum atomic E-state index is 0.215. The van der Waals surface area contributed by atoms with Crippen molar-refractivity contribution in [3.63, 3.8) is 0 Å². The lowest BCUT2D eigenvalue weighted by Gasteiger charge is -2.25. The maximum atomic E-state index is 5.96. The van der Waals surface area contributed by atoms with Crippen LogP contribution in [-0.2, 0) is 0 Å². The Morgan fingerprint density at radius 3 is 2.58 bits per heavy atom. The van der Waals surface area contributed by atoms with Crippen molar-refractivity contribution in [2.45, 2.75) is 53.4 Å². The first-order chi connectivity index (χ1) is 8.85. The molecule has 0 unspecified atom stereocenters. The molecule has 0 amide bonds. The Bertz CT molecular complexity index is 418. The number of nitrogen functional groups attached to an aromatic ring is 1. The van der Waals surface area contributed by atoms with Gasteiger partial charge in [-0.25, -0.2) is 4.98 Å². The van der Waals surface area contributed by atoms with E-state index in [4.69, 9.17) is 17.3 Å². The molecule has 0 aromatic carbocycles. The first kappa shape index (κ1) is 16.0. The van der Waals surface area contributed by atoms with Crippen LogP contribution < -0.4 is 11.1 Å². The number of nitrogens with two attached hydrogens (primary N) is 1. The molecule has 1 aromatic heterocycles. The van der Waals surface area contributed by atoms with Gasteiger partial charge < -0.3 is 11.1 Å². The van der Waals surface area contributed by atoms with Gasteiger partial charge in [-0.2, -0.15) is 4.98 Å². The number of aryl methyl sites for hydroxylation is 1. The smallest absolute Gasteiger partial charge is 0.224 e. The molecule has 5 heteroatoms. The van der Waals surface area contributed by atoms with Gasteiger partial charge in [-0.05, 0) is 30.4 Å². The lowest BCUT2D eigenvalue weighted by molar-refractivity contribution is 0.342. The van der Waals surface area contributed by atoms with Crippen LogP contribution in [0.5, 0.6) is 0 Å². The van der Waals surface area contributed by atoms with Crippen LogP contribution in [-0.4, -0.2) is 16.5 Å². The van der Waals surface area contributed by atoms with Crippen LogP contribution in [0, 0.1) is 12.3 Å². The number of halogens is 1. The number of anilines is 2. The average Bonchev–Trinajstić information content (AvgIpc) is 2.32. The quantitative estimate of drug-likeness (QED) is 0.586. The average molecular weight is 285 g/mol. The highest BCUT2D eigenvalue weighted by atomic mass is 35.5. The van der Waals surface area contributed by atoms with Gasteiger partial charge in [-0.3, -0.25) is 0 Å². The standard InChI is InChI=1S/C14H25ClN4/c1-5-6-7-8-14(3,4)9-17-12-11(16)10(2)18-13(15)19-12/h5-9,16H2,1-4H3,(H,17,18,19). The van der Waals surface area contributed by atoms with E-state index in [1.54, 1.807) is 0 Å². The summed E-state index contributed by atoms with van der Waals surface area (Å²) < 4.78 is 0.